The molecule has 0 aliphatic rings. The minimum atomic E-state index is -0.434. The number of benzene rings is 2. The van der Waals surface area contributed by atoms with Crippen LogP contribution in [0.1, 0.15) is 16.1 Å². The number of phenolic OH excluding ortho intramolecular Hbond substituents is 1. The molecule has 0 atom stereocenters. The SMILES string of the molecule is O=C(NCCc1ccc(-c2ccc(O)cc2)cc1)c1ncc2cccnc2c1O. The first-order valence-electron chi connectivity index (χ1n) is 9.21. The van der Waals surface area contributed by atoms with Crippen molar-refractivity contribution in [3.63, 3.8) is 0 Å². The van der Waals surface area contributed by atoms with Gasteiger partial charge < -0.3 is 15.5 Å². The number of rotatable bonds is 5. The Morgan fingerprint density at radius 3 is 2.31 bits per heavy atom. The predicted molar refractivity (Wildman–Crippen MR) is 111 cm³/mol. The second kappa shape index (κ2) is 7.98. The van der Waals surface area contributed by atoms with Crippen LogP contribution in [0.3, 0.4) is 0 Å². The summed E-state index contributed by atoms with van der Waals surface area (Å²) in [6, 6.07) is 18.6. The maximum Gasteiger partial charge on any atom is 0.273 e. The lowest BCUT2D eigenvalue weighted by Crippen LogP contribution is -2.26. The summed E-state index contributed by atoms with van der Waals surface area (Å²) in [7, 11) is 0. The van der Waals surface area contributed by atoms with Crippen molar-refractivity contribution in [3.05, 3.63) is 84.3 Å². The molecule has 4 aromatic rings. The average molecular weight is 385 g/mol. The van der Waals surface area contributed by atoms with Gasteiger partial charge in [-0.3, -0.25) is 9.78 Å². The number of carbonyl (C=O) groups excluding carboxylic acids is 1. The zero-order valence-corrected chi connectivity index (χ0v) is 15.5. The van der Waals surface area contributed by atoms with Crippen molar-refractivity contribution in [2.45, 2.75) is 6.42 Å². The van der Waals surface area contributed by atoms with Crippen LogP contribution in [0.25, 0.3) is 22.0 Å². The van der Waals surface area contributed by atoms with Crippen molar-refractivity contribution in [1.82, 2.24) is 15.3 Å². The third kappa shape index (κ3) is 4.01. The van der Waals surface area contributed by atoms with Crippen molar-refractivity contribution >= 4 is 16.8 Å². The molecule has 0 aliphatic carbocycles. The van der Waals surface area contributed by atoms with E-state index in [1.165, 1.54) is 6.20 Å². The first-order valence-corrected chi connectivity index (χ1v) is 9.21. The van der Waals surface area contributed by atoms with Gasteiger partial charge >= 0.3 is 0 Å². The van der Waals surface area contributed by atoms with Crippen LogP contribution in [0, 0.1) is 0 Å². The Morgan fingerprint density at radius 1 is 0.897 bits per heavy atom. The first-order chi connectivity index (χ1) is 14.1. The minimum Gasteiger partial charge on any atom is -0.508 e. The van der Waals surface area contributed by atoms with E-state index in [-0.39, 0.29) is 17.2 Å². The topological polar surface area (TPSA) is 95.3 Å². The van der Waals surface area contributed by atoms with Gasteiger partial charge in [-0.15, -0.1) is 0 Å². The third-order valence-electron chi connectivity index (χ3n) is 4.69. The van der Waals surface area contributed by atoms with E-state index in [4.69, 9.17) is 0 Å². The maximum atomic E-state index is 12.4. The summed E-state index contributed by atoms with van der Waals surface area (Å²) in [4.78, 5) is 20.6. The molecule has 0 aliphatic heterocycles. The molecule has 0 saturated carbocycles. The zero-order valence-electron chi connectivity index (χ0n) is 15.5. The van der Waals surface area contributed by atoms with Gasteiger partial charge in [0.1, 0.15) is 11.3 Å². The fraction of sp³-hybridized carbons (Fsp3) is 0.0870. The average Bonchev–Trinajstić information content (AvgIpc) is 2.75. The number of aromatic hydroxyl groups is 2. The molecule has 6 heteroatoms. The van der Waals surface area contributed by atoms with E-state index in [0.717, 1.165) is 16.7 Å². The lowest BCUT2D eigenvalue weighted by Gasteiger charge is -2.08. The standard InChI is InChI=1S/C23H19N3O3/c27-19-9-7-17(8-10-19)16-5-3-15(4-6-16)11-13-25-23(29)21-22(28)20-18(14-26-21)2-1-12-24-20/h1-10,12,14,27-28H,11,13H2,(H,25,29). The van der Waals surface area contributed by atoms with Crippen LogP contribution in [0.5, 0.6) is 11.5 Å². The monoisotopic (exact) mass is 385 g/mol. The molecule has 29 heavy (non-hydrogen) atoms. The van der Waals surface area contributed by atoms with Gasteiger partial charge in [-0.2, -0.15) is 0 Å². The van der Waals surface area contributed by atoms with Crippen molar-refractivity contribution in [2.75, 3.05) is 6.54 Å². The summed E-state index contributed by atoms with van der Waals surface area (Å²) in [5.41, 5.74) is 3.48. The van der Waals surface area contributed by atoms with Crippen molar-refractivity contribution in [3.8, 4) is 22.6 Å². The van der Waals surface area contributed by atoms with Crippen molar-refractivity contribution < 1.29 is 15.0 Å². The molecule has 0 saturated heterocycles. The highest BCUT2D eigenvalue weighted by Crippen LogP contribution is 2.25. The molecule has 0 spiro atoms. The van der Waals surface area contributed by atoms with Crippen LogP contribution in [-0.2, 0) is 6.42 Å². The van der Waals surface area contributed by atoms with E-state index in [1.54, 1.807) is 30.5 Å². The Morgan fingerprint density at radius 2 is 1.59 bits per heavy atom. The highest BCUT2D eigenvalue weighted by molar-refractivity contribution is 6.00. The van der Waals surface area contributed by atoms with E-state index < -0.39 is 5.91 Å². The van der Waals surface area contributed by atoms with Gasteiger partial charge in [-0.25, -0.2) is 4.98 Å². The van der Waals surface area contributed by atoms with Crippen LogP contribution >= 0.6 is 0 Å². The molecule has 2 aromatic heterocycles. The minimum absolute atomic E-state index is 0.0288. The molecule has 0 unspecified atom stereocenters. The molecule has 2 heterocycles. The smallest absolute Gasteiger partial charge is 0.273 e. The van der Waals surface area contributed by atoms with Gasteiger partial charge in [0.05, 0.1) is 0 Å². The lowest BCUT2D eigenvalue weighted by atomic mass is 10.0. The van der Waals surface area contributed by atoms with Gasteiger partial charge in [0, 0.05) is 24.3 Å². The molecule has 0 radical (unpaired) electrons. The first kappa shape index (κ1) is 18.4. The molecule has 3 N–H and O–H groups in total. The Balaban J connectivity index is 1.38. The lowest BCUT2D eigenvalue weighted by molar-refractivity contribution is 0.0946. The predicted octanol–water partition coefficient (Wildman–Crippen LogP) is 3.68. The fourth-order valence-electron chi connectivity index (χ4n) is 3.12. The third-order valence-corrected chi connectivity index (χ3v) is 4.69. The van der Waals surface area contributed by atoms with E-state index in [0.29, 0.717) is 23.9 Å². The van der Waals surface area contributed by atoms with Crippen LogP contribution in [0.4, 0.5) is 0 Å². The molecule has 0 fully saturated rings. The molecule has 0 bridgehead atoms. The van der Waals surface area contributed by atoms with E-state index in [2.05, 4.69) is 15.3 Å². The van der Waals surface area contributed by atoms with Gasteiger partial charge in [-0.05, 0) is 47.4 Å². The van der Waals surface area contributed by atoms with E-state index >= 15 is 0 Å². The second-order valence-electron chi connectivity index (χ2n) is 6.65. The van der Waals surface area contributed by atoms with Crippen LogP contribution in [0.2, 0.25) is 0 Å². The molecule has 1 amide bonds. The van der Waals surface area contributed by atoms with Gasteiger partial charge in [0.25, 0.3) is 5.91 Å². The Bertz CT molecular complexity index is 1160. The second-order valence-corrected chi connectivity index (χ2v) is 6.65. The van der Waals surface area contributed by atoms with Gasteiger partial charge in [-0.1, -0.05) is 36.4 Å². The van der Waals surface area contributed by atoms with Crippen molar-refractivity contribution in [1.29, 1.82) is 0 Å². The molecule has 2 aromatic carbocycles. The maximum absolute atomic E-state index is 12.4. The number of pyridine rings is 2. The summed E-state index contributed by atoms with van der Waals surface area (Å²) >= 11 is 0. The van der Waals surface area contributed by atoms with E-state index in [1.807, 2.05) is 36.4 Å². The summed E-state index contributed by atoms with van der Waals surface area (Å²) < 4.78 is 0. The largest absolute Gasteiger partial charge is 0.508 e. The number of hydrogen-bond donors (Lipinski definition) is 3. The number of fused-ring (bicyclic) bond motifs is 1. The number of phenols is 1. The molecule has 144 valence electrons. The number of aromatic nitrogens is 2. The molecule has 6 nitrogen and oxygen atoms in total. The van der Waals surface area contributed by atoms with E-state index in [9.17, 15) is 15.0 Å². The molecule has 4 rings (SSSR count). The summed E-state index contributed by atoms with van der Waals surface area (Å²) in [5, 5.41) is 23.1. The normalized spacial score (nSPS) is 10.8. The number of nitrogens with zero attached hydrogens (tertiary/aromatic N) is 2. The number of amides is 1. The zero-order chi connectivity index (χ0) is 20.2. The number of nitrogens with one attached hydrogen (secondary N) is 1. The number of hydrogen-bond acceptors (Lipinski definition) is 5. The highest BCUT2D eigenvalue weighted by atomic mass is 16.3. The summed E-state index contributed by atoms with van der Waals surface area (Å²) in [6.45, 7) is 0.415. The van der Waals surface area contributed by atoms with Gasteiger partial charge in [0.2, 0.25) is 0 Å². The van der Waals surface area contributed by atoms with Crippen molar-refractivity contribution in [2.24, 2.45) is 0 Å². The highest BCUT2D eigenvalue weighted by Gasteiger charge is 2.16. The van der Waals surface area contributed by atoms with Gasteiger partial charge in [0.15, 0.2) is 11.4 Å². The Hall–Kier alpha value is -3.93. The Kier molecular flexibility index (Phi) is 5.07. The Labute approximate surface area is 167 Å². The number of carbonyl (C=O) groups is 1. The fourth-order valence-corrected chi connectivity index (χ4v) is 3.12. The summed E-state index contributed by atoms with van der Waals surface area (Å²) in [5.74, 6) is -0.404. The van der Waals surface area contributed by atoms with Crippen LogP contribution in [0.15, 0.2) is 73.1 Å². The van der Waals surface area contributed by atoms with Crippen LogP contribution < -0.4 is 5.32 Å². The summed E-state index contributed by atoms with van der Waals surface area (Å²) in [6.07, 6.45) is 3.73. The molecular formula is C23H19N3O3. The quantitative estimate of drug-likeness (QED) is 0.487. The molecular weight excluding hydrogens is 366 g/mol. The van der Waals surface area contributed by atoms with Crippen LogP contribution in [-0.4, -0.2) is 32.6 Å².